The maximum absolute atomic E-state index is 12.8. The van der Waals surface area contributed by atoms with Crippen molar-refractivity contribution >= 4 is 5.69 Å². The van der Waals surface area contributed by atoms with Crippen LogP contribution >= 0.6 is 0 Å². The van der Waals surface area contributed by atoms with Crippen LogP contribution in [-0.2, 0) is 0 Å². The standard InChI is InChI=1S/C11H13FN2/c1-3-8(2)14-11-5-4-10(12)6-9(11)7-13/h4-6,8,14H,3H2,1-2H3/t8-/m1/s1. The Morgan fingerprint density at radius 3 is 2.86 bits per heavy atom. The van der Waals surface area contributed by atoms with E-state index in [0.29, 0.717) is 11.3 Å². The van der Waals surface area contributed by atoms with Crippen LogP contribution in [0.3, 0.4) is 0 Å². The summed E-state index contributed by atoms with van der Waals surface area (Å²) in [5.74, 6) is -0.378. The van der Waals surface area contributed by atoms with E-state index in [1.807, 2.05) is 19.9 Å². The number of nitrogens with zero attached hydrogens (tertiary/aromatic N) is 1. The molecule has 1 rings (SSSR count). The van der Waals surface area contributed by atoms with Crippen molar-refractivity contribution < 1.29 is 4.39 Å². The molecule has 1 aromatic carbocycles. The highest BCUT2D eigenvalue weighted by molar-refractivity contribution is 5.57. The van der Waals surface area contributed by atoms with Crippen LogP contribution in [0.1, 0.15) is 25.8 Å². The number of nitriles is 1. The first kappa shape index (κ1) is 10.5. The summed E-state index contributed by atoms with van der Waals surface area (Å²) >= 11 is 0. The van der Waals surface area contributed by atoms with Crippen molar-refractivity contribution in [3.63, 3.8) is 0 Å². The van der Waals surface area contributed by atoms with E-state index >= 15 is 0 Å². The molecule has 0 saturated heterocycles. The largest absolute Gasteiger partial charge is 0.382 e. The van der Waals surface area contributed by atoms with Crippen molar-refractivity contribution in [2.75, 3.05) is 5.32 Å². The summed E-state index contributed by atoms with van der Waals surface area (Å²) < 4.78 is 12.8. The van der Waals surface area contributed by atoms with Crippen LogP contribution in [0.4, 0.5) is 10.1 Å². The molecule has 14 heavy (non-hydrogen) atoms. The van der Waals surface area contributed by atoms with Gasteiger partial charge in [-0.05, 0) is 31.5 Å². The highest BCUT2D eigenvalue weighted by Gasteiger charge is 2.05. The Labute approximate surface area is 83.4 Å². The molecule has 0 aliphatic heterocycles. The number of benzene rings is 1. The third-order valence-corrected chi connectivity index (χ3v) is 2.12. The van der Waals surface area contributed by atoms with E-state index in [1.54, 1.807) is 6.07 Å². The highest BCUT2D eigenvalue weighted by atomic mass is 19.1. The lowest BCUT2D eigenvalue weighted by Crippen LogP contribution is -2.14. The van der Waals surface area contributed by atoms with Gasteiger partial charge in [0.1, 0.15) is 11.9 Å². The number of anilines is 1. The zero-order valence-electron chi connectivity index (χ0n) is 8.34. The number of hydrogen-bond donors (Lipinski definition) is 1. The molecule has 0 fully saturated rings. The predicted molar refractivity (Wildman–Crippen MR) is 54.5 cm³/mol. The number of nitrogens with one attached hydrogen (secondary N) is 1. The molecule has 0 aromatic heterocycles. The Hall–Kier alpha value is -1.56. The molecule has 0 radical (unpaired) electrons. The van der Waals surface area contributed by atoms with Crippen molar-refractivity contribution in [2.45, 2.75) is 26.3 Å². The summed E-state index contributed by atoms with van der Waals surface area (Å²) in [6.45, 7) is 4.07. The summed E-state index contributed by atoms with van der Waals surface area (Å²) in [6.07, 6.45) is 0.961. The molecule has 0 aliphatic rings. The van der Waals surface area contributed by atoms with Gasteiger partial charge in [0.05, 0.1) is 11.3 Å². The second kappa shape index (κ2) is 4.61. The molecule has 0 spiro atoms. The predicted octanol–water partition coefficient (Wildman–Crippen LogP) is 2.91. The summed E-state index contributed by atoms with van der Waals surface area (Å²) in [5.41, 5.74) is 1.05. The third-order valence-electron chi connectivity index (χ3n) is 2.12. The fraction of sp³-hybridized carbons (Fsp3) is 0.364. The van der Waals surface area contributed by atoms with Gasteiger partial charge in [-0.25, -0.2) is 4.39 Å². The van der Waals surface area contributed by atoms with Crippen molar-refractivity contribution in [2.24, 2.45) is 0 Å². The van der Waals surface area contributed by atoms with Crippen LogP contribution in [-0.4, -0.2) is 6.04 Å². The van der Waals surface area contributed by atoms with E-state index in [0.717, 1.165) is 6.42 Å². The molecule has 0 unspecified atom stereocenters. The first-order valence-electron chi connectivity index (χ1n) is 4.63. The molecule has 1 aromatic rings. The minimum atomic E-state index is -0.378. The molecule has 0 saturated carbocycles. The van der Waals surface area contributed by atoms with E-state index in [-0.39, 0.29) is 11.9 Å². The van der Waals surface area contributed by atoms with Gasteiger partial charge in [0, 0.05) is 6.04 Å². The Bertz CT molecular complexity index is 355. The van der Waals surface area contributed by atoms with Gasteiger partial charge in [0.15, 0.2) is 0 Å². The summed E-state index contributed by atoms with van der Waals surface area (Å²) in [5, 5.41) is 11.9. The van der Waals surface area contributed by atoms with Crippen molar-refractivity contribution in [3.8, 4) is 6.07 Å². The maximum atomic E-state index is 12.8. The fourth-order valence-corrected chi connectivity index (χ4v) is 1.10. The molecular weight excluding hydrogens is 179 g/mol. The minimum Gasteiger partial charge on any atom is -0.382 e. The quantitative estimate of drug-likeness (QED) is 0.799. The average molecular weight is 192 g/mol. The molecular formula is C11H13FN2. The van der Waals surface area contributed by atoms with E-state index in [9.17, 15) is 4.39 Å². The van der Waals surface area contributed by atoms with Gasteiger partial charge in [0.25, 0.3) is 0 Å². The minimum absolute atomic E-state index is 0.285. The van der Waals surface area contributed by atoms with Crippen molar-refractivity contribution in [3.05, 3.63) is 29.6 Å². The number of halogens is 1. The van der Waals surface area contributed by atoms with Crippen molar-refractivity contribution in [1.29, 1.82) is 5.26 Å². The summed E-state index contributed by atoms with van der Waals surface area (Å²) in [4.78, 5) is 0. The van der Waals surface area contributed by atoms with Gasteiger partial charge in [-0.3, -0.25) is 0 Å². The number of rotatable bonds is 3. The summed E-state index contributed by atoms with van der Waals surface area (Å²) in [7, 11) is 0. The Morgan fingerprint density at radius 2 is 2.29 bits per heavy atom. The monoisotopic (exact) mass is 192 g/mol. The first-order chi connectivity index (χ1) is 6.67. The van der Waals surface area contributed by atoms with Crippen LogP contribution < -0.4 is 5.32 Å². The molecule has 0 bridgehead atoms. The van der Waals surface area contributed by atoms with Crippen LogP contribution in [0.2, 0.25) is 0 Å². The fourth-order valence-electron chi connectivity index (χ4n) is 1.10. The van der Waals surface area contributed by atoms with E-state index in [4.69, 9.17) is 5.26 Å². The van der Waals surface area contributed by atoms with Gasteiger partial charge in [-0.2, -0.15) is 5.26 Å². The van der Waals surface area contributed by atoms with Crippen LogP contribution in [0.15, 0.2) is 18.2 Å². The SMILES string of the molecule is CC[C@@H](C)Nc1ccc(F)cc1C#N. The van der Waals surface area contributed by atoms with Gasteiger partial charge in [-0.1, -0.05) is 6.92 Å². The van der Waals surface area contributed by atoms with Crippen molar-refractivity contribution in [1.82, 2.24) is 0 Å². The highest BCUT2D eigenvalue weighted by Crippen LogP contribution is 2.17. The van der Waals surface area contributed by atoms with Gasteiger partial charge >= 0.3 is 0 Å². The Balaban J connectivity index is 2.92. The second-order valence-electron chi connectivity index (χ2n) is 3.26. The molecule has 74 valence electrons. The Morgan fingerprint density at radius 1 is 1.57 bits per heavy atom. The van der Waals surface area contributed by atoms with Gasteiger partial charge < -0.3 is 5.32 Å². The van der Waals surface area contributed by atoms with E-state index in [1.165, 1.54) is 12.1 Å². The lowest BCUT2D eigenvalue weighted by atomic mass is 10.1. The lowest BCUT2D eigenvalue weighted by Gasteiger charge is -2.13. The summed E-state index contributed by atoms with van der Waals surface area (Å²) in [6, 6.07) is 6.44. The van der Waals surface area contributed by atoms with Gasteiger partial charge in [-0.15, -0.1) is 0 Å². The molecule has 1 atom stereocenters. The zero-order chi connectivity index (χ0) is 10.6. The molecule has 1 N–H and O–H groups in total. The average Bonchev–Trinajstić information content (AvgIpc) is 2.20. The lowest BCUT2D eigenvalue weighted by molar-refractivity contribution is 0.627. The molecule has 0 amide bonds. The second-order valence-corrected chi connectivity index (χ2v) is 3.26. The number of hydrogen-bond acceptors (Lipinski definition) is 2. The Kier molecular flexibility index (Phi) is 3.47. The zero-order valence-corrected chi connectivity index (χ0v) is 8.34. The third kappa shape index (κ3) is 2.46. The van der Waals surface area contributed by atoms with Crippen LogP contribution in [0.5, 0.6) is 0 Å². The van der Waals surface area contributed by atoms with Crippen LogP contribution in [0.25, 0.3) is 0 Å². The topological polar surface area (TPSA) is 35.8 Å². The van der Waals surface area contributed by atoms with E-state index < -0.39 is 0 Å². The first-order valence-corrected chi connectivity index (χ1v) is 4.63. The smallest absolute Gasteiger partial charge is 0.124 e. The van der Waals surface area contributed by atoms with Gasteiger partial charge in [0.2, 0.25) is 0 Å². The molecule has 0 aliphatic carbocycles. The molecule has 2 nitrogen and oxygen atoms in total. The van der Waals surface area contributed by atoms with E-state index in [2.05, 4.69) is 5.32 Å². The normalized spacial score (nSPS) is 11.9. The maximum Gasteiger partial charge on any atom is 0.124 e. The van der Waals surface area contributed by atoms with Crippen LogP contribution in [0, 0.1) is 17.1 Å². The molecule has 0 heterocycles. The molecule has 3 heteroatoms.